The molecule has 0 spiro atoms. The van der Waals surface area contributed by atoms with Crippen molar-refractivity contribution in [2.75, 3.05) is 7.11 Å². The fourth-order valence-corrected chi connectivity index (χ4v) is 1.23. The summed E-state index contributed by atoms with van der Waals surface area (Å²) in [5, 5.41) is 19.3. The van der Waals surface area contributed by atoms with Crippen LogP contribution in [0.1, 0.15) is 11.1 Å². The minimum Gasteiger partial charge on any atom is -0.496 e. The van der Waals surface area contributed by atoms with E-state index in [0.717, 1.165) is 0 Å². The Hall–Kier alpha value is -2.13. The number of ether oxygens (including phenoxy) is 1. The summed E-state index contributed by atoms with van der Waals surface area (Å²) in [5.74, 6) is 0.267. The third kappa shape index (κ3) is 2.03. The van der Waals surface area contributed by atoms with Crippen molar-refractivity contribution in [3.8, 4) is 11.8 Å². The number of hydrogen-bond acceptors (Lipinski definition) is 5. The Balaban J connectivity index is 3.44. The van der Waals surface area contributed by atoms with Gasteiger partial charge >= 0.3 is 0 Å². The first-order chi connectivity index (χ1) is 7.13. The highest BCUT2D eigenvalue weighted by Crippen LogP contribution is 2.27. The van der Waals surface area contributed by atoms with Gasteiger partial charge in [-0.05, 0) is 0 Å². The molecule has 2 N–H and O–H groups in total. The first-order valence-electron chi connectivity index (χ1n) is 4.09. The summed E-state index contributed by atoms with van der Waals surface area (Å²) in [5.41, 5.74) is 5.90. The summed E-state index contributed by atoms with van der Waals surface area (Å²) in [6, 6.07) is 4.29. The van der Waals surface area contributed by atoms with Crippen LogP contribution >= 0.6 is 0 Å². The fourth-order valence-electron chi connectivity index (χ4n) is 1.23. The smallest absolute Gasteiger partial charge is 0.274 e. The molecule has 0 heterocycles. The van der Waals surface area contributed by atoms with Crippen LogP contribution in [0.15, 0.2) is 12.1 Å². The van der Waals surface area contributed by atoms with E-state index < -0.39 is 4.92 Å². The van der Waals surface area contributed by atoms with Gasteiger partial charge in [0.05, 0.1) is 29.7 Å². The predicted octanol–water partition coefficient (Wildman–Crippen LogP) is 0.934. The van der Waals surface area contributed by atoms with E-state index in [1.165, 1.54) is 19.2 Å². The van der Waals surface area contributed by atoms with Crippen LogP contribution < -0.4 is 10.5 Å². The molecule has 0 aliphatic rings. The first kappa shape index (κ1) is 10.9. The number of non-ortho nitro benzene ring substituents is 1. The van der Waals surface area contributed by atoms with Crippen LogP contribution in [0.5, 0.6) is 5.75 Å². The van der Waals surface area contributed by atoms with Crippen molar-refractivity contribution in [1.82, 2.24) is 0 Å². The number of nitro groups is 1. The molecular formula is C9H9N3O3. The van der Waals surface area contributed by atoms with E-state index in [-0.39, 0.29) is 23.5 Å². The molecule has 0 aliphatic carbocycles. The quantitative estimate of drug-likeness (QED) is 0.586. The molecule has 1 aromatic carbocycles. The molecule has 78 valence electrons. The monoisotopic (exact) mass is 207 g/mol. The maximum atomic E-state index is 10.5. The molecule has 1 rings (SSSR count). The lowest BCUT2D eigenvalue weighted by Crippen LogP contribution is -2.04. The largest absolute Gasteiger partial charge is 0.496 e. The molecule has 15 heavy (non-hydrogen) atoms. The van der Waals surface area contributed by atoms with Crippen molar-refractivity contribution >= 4 is 5.69 Å². The molecule has 6 heteroatoms. The van der Waals surface area contributed by atoms with E-state index >= 15 is 0 Å². The average Bonchev–Trinajstić information content (AvgIpc) is 2.26. The molecule has 0 bridgehead atoms. The van der Waals surface area contributed by atoms with E-state index in [1.807, 2.05) is 6.07 Å². The van der Waals surface area contributed by atoms with Crippen LogP contribution in [-0.2, 0) is 6.54 Å². The van der Waals surface area contributed by atoms with Gasteiger partial charge < -0.3 is 10.5 Å². The van der Waals surface area contributed by atoms with Crippen molar-refractivity contribution in [1.29, 1.82) is 5.26 Å². The second-order valence-corrected chi connectivity index (χ2v) is 2.75. The Morgan fingerprint density at radius 1 is 1.67 bits per heavy atom. The van der Waals surface area contributed by atoms with Gasteiger partial charge in [0.2, 0.25) is 0 Å². The second kappa shape index (κ2) is 4.39. The maximum absolute atomic E-state index is 10.5. The number of nitriles is 1. The van der Waals surface area contributed by atoms with E-state index in [0.29, 0.717) is 5.56 Å². The number of rotatable bonds is 3. The number of hydrogen-bond donors (Lipinski definition) is 1. The highest BCUT2D eigenvalue weighted by Gasteiger charge is 2.15. The van der Waals surface area contributed by atoms with Gasteiger partial charge in [-0.25, -0.2) is 0 Å². The molecule has 0 saturated heterocycles. The first-order valence-corrected chi connectivity index (χ1v) is 4.09. The molecular weight excluding hydrogens is 198 g/mol. The summed E-state index contributed by atoms with van der Waals surface area (Å²) in [7, 11) is 1.37. The van der Waals surface area contributed by atoms with E-state index in [9.17, 15) is 10.1 Å². The van der Waals surface area contributed by atoms with E-state index in [1.54, 1.807) is 0 Å². The summed E-state index contributed by atoms with van der Waals surface area (Å²) in [6.07, 6.45) is 0. The highest BCUT2D eigenvalue weighted by molar-refractivity contribution is 5.54. The molecule has 0 aliphatic heterocycles. The van der Waals surface area contributed by atoms with Crippen LogP contribution in [0.3, 0.4) is 0 Å². The van der Waals surface area contributed by atoms with Crippen LogP contribution in [-0.4, -0.2) is 12.0 Å². The molecule has 0 fully saturated rings. The molecule has 0 amide bonds. The minimum atomic E-state index is -0.580. The lowest BCUT2D eigenvalue weighted by atomic mass is 10.1. The Morgan fingerprint density at radius 2 is 2.33 bits per heavy atom. The van der Waals surface area contributed by atoms with Crippen LogP contribution in [0, 0.1) is 21.4 Å². The van der Waals surface area contributed by atoms with Crippen LogP contribution in [0.4, 0.5) is 5.69 Å². The van der Waals surface area contributed by atoms with Crippen LogP contribution in [0.2, 0.25) is 0 Å². The Labute approximate surface area is 86.0 Å². The van der Waals surface area contributed by atoms with Crippen molar-refractivity contribution in [2.24, 2.45) is 5.73 Å². The second-order valence-electron chi connectivity index (χ2n) is 2.75. The van der Waals surface area contributed by atoms with Crippen molar-refractivity contribution < 1.29 is 9.66 Å². The highest BCUT2D eigenvalue weighted by atomic mass is 16.6. The number of methoxy groups -OCH3 is 1. The maximum Gasteiger partial charge on any atom is 0.274 e. The minimum absolute atomic E-state index is 0.101. The van der Waals surface area contributed by atoms with Gasteiger partial charge in [0.25, 0.3) is 5.69 Å². The number of nitro benzene ring substituents is 1. The zero-order valence-corrected chi connectivity index (χ0v) is 8.06. The molecule has 0 saturated carbocycles. The average molecular weight is 207 g/mol. The van der Waals surface area contributed by atoms with Gasteiger partial charge in [0, 0.05) is 18.2 Å². The molecule has 0 radical (unpaired) electrons. The summed E-state index contributed by atoms with van der Waals surface area (Å²) >= 11 is 0. The van der Waals surface area contributed by atoms with Gasteiger partial charge in [0.1, 0.15) is 5.75 Å². The fraction of sp³-hybridized carbons (Fsp3) is 0.222. The Bertz CT molecular complexity index is 437. The predicted molar refractivity (Wildman–Crippen MR) is 52.3 cm³/mol. The topological polar surface area (TPSA) is 102 Å². The summed E-state index contributed by atoms with van der Waals surface area (Å²) in [6.45, 7) is 0.101. The van der Waals surface area contributed by atoms with Gasteiger partial charge in [-0.3, -0.25) is 10.1 Å². The lowest BCUT2D eigenvalue weighted by Gasteiger charge is -2.07. The normalized spacial score (nSPS) is 9.40. The van der Waals surface area contributed by atoms with Gasteiger partial charge in [-0.1, -0.05) is 0 Å². The van der Waals surface area contributed by atoms with Gasteiger partial charge in [0.15, 0.2) is 0 Å². The summed E-state index contributed by atoms with van der Waals surface area (Å²) < 4.78 is 4.93. The summed E-state index contributed by atoms with van der Waals surface area (Å²) in [4.78, 5) is 9.97. The van der Waals surface area contributed by atoms with Gasteiger partial charge in [-0.15, -0.1) is 0 Å². The molecule has 6 nitrogen and oxygen atoms in total. The van der Waals surface area contributed by atoms with Gasteiger partial charge in [-0.2, -0.15) is 5.26 Å². The zero-order valence-electron chi connectivity index (χ0n) is 8.06. The third-order valence-corrected chi connectivity index (χ3v) is 1.95. The molecule has 0 atom stereocenters. The lowest BCUT2D eigenvalue weighted by molar-refractivity contribution is -0.385. The Kier molecular flexibility index (Phi) is 3.21. The van der Waals surface area contributed by atoms with Crippen molar-refractivity contribution in [2.45, 2.75) is 6.54 Å². The standard InChI is InChI=1S/C9H9N3O3/c1-15-9-3-7(12(13)14)2-6(4-10)8(9)5-11/h2-3H,5,11H2,1H3. The number of nitrogens with two attached hydrogens (primary N) is 1. The third-order valence-electron chi connectivity index (χ3n) is 1.95. The Morgan fingerprint density at radius 3 is 2.73 bits per heavy atom. The number of nitrogens with zero attached hydrogens (tertiary/aromatic N) is 2. The number of benzene rings is 1. The molecule has 1 aromatic rings. The van der Waals surface area contributed by atoms with Crippen molar-refractivity contribution in [3.05, 3.63) is 33.4 Å². The SMILES string of the molecule is COc1cc([N+](=O)[O-])cc(C#N)c1CN. The van der Waals surface area contributed by atoms with E-state index in [4.69, 9.17) is 15.7 Å². The van der Waals surface area contributed by atoms with Crippen LogP contribution in [0.25, 0.3) is 0 Å². The molecule has 0 aromatic heterocycles. The zero-order chi connectivity index (χ0) is 11.4. The molecule has 0 unspecified atom stereocenters. The van der Waals surface area contributed by atoms with Crippen molar-refractivity contribution in [3.63, 3.8) is 0 Å². The van der Waals surface area contributed by atoms with E-state index in [2.05, 4.69) is 0 Å².